The number of likely N-dealkylation sites (N-methyl/N-ethyl adjacent to an activating group) is 1. The van der Waals surface area contributed by atoms with E-state index in [1.165, 1.54) is 24.6 Å². The summed E-state index contributed by atoms with van der Waals surface area (Å²) in [6, 6.07) is 5.83. The second-order valence-corrected chi connectivity index (χ2v) is 7.66. The van der Waals surface area contributed by atoms with Crippen molar-refractivity contribution < 1.29 is 14.3 Å². The van der Waals surface area contributed by atoms with Gasteiger partial charge in [0.25, 0.3) is 0 Å². The zero-order chi connectivity index (χ0) is 19.4. The van der Waals surface area contributed by atoms with Crippen molar-refractivity contribution >= 4 is 17.7 Å². The molecule has 0 saturated heterocycles. The molecular weight excluding hydrogens is 364 g/mol. The SMILES string of the molecule is COc1ccc(CCN(C)C(=O)CSc2nnc(C3CC3)n2C)cc1OC. The van der Waals surface area contributed by atoms with Crippen LogP contribution in [0.3, 0.4) is 0 Å². The van der Waals surface area contributed by atoms with Gasteiger partial charge in [0, 0.05) is 26.6 Å². The summed E-state index contributed by atoms with van der Waals surface area (Å²) < 4.78 is 12.6. The van der Waals surface area contributed by atoms with Gasteiger partial charge in [-0.05, 0) is 37.0 Å². The van der Waals surface area contributed by atoms with E-state index in [4.69, 9.17) is 9.47 Å². The molecule has 27 heavy (non-hydrogen) atoms. The lowest BCUT2D eigenvalue weighted by atomic mass is 10.1. The van der Waals surface area contributed by atoms with E-state index in [1.54, 1.807) is 19.1 Å². The van der Waals surface area contributed by atoms with E-state index in [0.717, 1.165) is 23.0 Å². The normalized spacial score (nSPS) is 13.5. The lowest BCUT2D eigenvalue weighted by Crippen LogP contribution is -2.30. The monoisotopic (exact) mass is 390 g/mol. The Labute approximate surface area is 164 Å². The topological polar surface area (TPSA) is 69.5 Å². The highest BCUT2D eigenvalue weighted by molar-refractivity contribution is 7.99. The molecule has 0 atom stereocenters. The molecule has 1 aromatic carbocycles. The van der Waals surface area contributed by atoms with Gasteiger partial charge in [0.1, 0.15) is 5.82 Å². The van der Waals surface area contributed by atoms with E-state index in [0.29, 0.717) is 29.7 Å². The van der Waals surface area contributed by atoms with Crippen molar-refractivity contribution in [2.75, 3.05) is 33.6 Å². The van der Waals surface area contributed by atoms with Gasteiger partial charge in [0.05, 0.1) is 20.0 Å². The van der Waals surface area contributed by atoms with Crippen molar-refractivity contribution in [1.82, 2.24) is 19.7 Å². The first-order valence-electron chi connectivity index (χ1n) is 9.00. The molecule has 0 radical (unpaired) electrons. The minimum Gasteiger partial charge on any atom is -0.493 e. The Kier molecular flexibility index (Phi) is 6.26. The van der Waals surface area contributed by atoms with Crippen molar-refractivity contribution in [2.24, 2.45) is 7.05 Å². The maximum absolute atomic E-state index is 12.4. The third kappa shape index (κ3) is 4.74. The third-order valence-electron chi connectivity index (χ3n) is 4.75. The molecule has 146 valence electrons. The van der Waals surface area contributed by atoms with Crippen LogP contribution in [-0.2, 0) is 18.3 Å². The first-order valence-corrected chi connectivity index (χ1v) is 9.99. The van der Waals surface area contributed by atoms with Crippen LogP contribution in [0.4, 0.5) is 0 Å². The summed E-state index contributed by atoms with van der Waals surface area (Å²) in [5.41, 5.74) is 1.10. The minimum atomic E-state index is 0.0800. The number of ether oxygens (including phenoxy) is 2. The first kappa shape index (κ1) is 19.5. The highest BCUT2D eigenvalue weighted by Gasteiger charge is 2.29. The lowest BCUT2D eigenvalue weighted by molar-refractivity contribution is -0.127. The smallest absolute Gasteiger partial charge is 0.232 e. The Balaban J connectivity index is 1.49. The molecule has 1 saturated carbocycles. The van der Waals surface area contributed by atoms with Crippen molar-refractivity contribution in [1.29, 1.82) is 0 Å². The summed E-state index contributed by atoms with van der Waals surface area (Å²) in [6.45, 7) is 0.640. The molecule has 1 aliphatic carbocycles. The number of aromatic nitrogens is 3. The van der Waals surface area contributed by atoms with Crippen LogP contribution in [0, 0.1) is 0 Å². The van der Waals surface area contributed by atoms with Crippen LogP contribution >= 0.6 is 11.8 Å². The predicted molar refractivity (Wildman–Crippen MR) is 105 cm³/mol. The molecule has 8 heteroatoms. The summed E-state index contributed by atoms with van der Waals surface area (Å²) in [5.74, 6) is 3.43. The average Bonchev–Trinajstić information content (AvgIpc) is 3.46. The van der Waals surface area contributed by atoms with Gasteiger partial charge in [-0.15, -0.1) is 10.2 Å². The van der Waals surface area contributed by atoms with Gasteiger partial charge in [-0.3, -0.25) is 4.79 Å². The molecule has 1 heterocycles. The summed E-state index contributed by atoms with van der Waals surface area (Å²) >= 11 is 1.44. The average molecular weight is 391 g/mol. The highest BCUT2D eigenvalue weighted by Crippen LogP contribution is 2.39. The van der Waals surface area contributed by atoms with Crippen molar-refractivity contribution in [3.8, 4) is 11.5 Å². The van der Waals surface area contributed by atoms with Crippen LogP contribution in [0.15, 0.2) is 23.4 Å². The molecule has 1 aromatic heterocycles. The van der Waals surface area contributed by atoms with Gasteiger partial charge in [-0.2, -0.15) is 0 Å². The summed E-state index contributed by atoms with van der Waals surface area (Å²) in [5, 5.41) is 9.27. The molecule has 0 N–H and O–H groups in total. The van der Waals surface area contributed by atoms with Crippen LogP contribution in [0.5, 0.6) is 11.5 Å². The minimum absolute atomic E-state index is 0.0800. The Hall–Kier alpha value is -2.22. The van der Waals surface area contributed by atoms with Gasteiger partial charge in [-0.25, -0.2) is 0 Å². The van der Waals surface area contributed by atoms with Crippen molar-refractivity contribution in [3.63, 3.8) is 0 Å². The molecule has 1 amide bonds. The number of hydrogen-bond acceptors (Lipinski definition) is 6. The number of benzene rings is 1. The lowest BCUT2D eigenvalue weighted by Gasteiger charge is -2.17. The largest absolute Gasteiger partial charge is 0.493 e. The number of thioether (sulfide) groups is 1. The van der Waals surface area contributed by atoms with E-state index in [-0.39, 0.29) is 5.91 Å². The summed E-state index contributed by atoms with van der Waals surface area (Å²) in [7, 11) is 7.04. The Morgan fingerprint density at radius 2 is 2.00 bits per heavy atom. The molecule has 2 aromatic rings. The molecule has 1 fully saturated rings. The fourth-order valence-electron chi connectivity index (χ4n) is 2.84. The first-order chi connectivity index (χ1) is 13.0. The van der Waals surface area contributed by atoms with E-state index in [9.17, 15) is 4.79 Å². The Morgan fingerprint density at radius 1 is 1.26 bits per heavy atom. The summed E-state index contributed by atoms with van der Waals surface area (Å²) in [4.78, 5) is 14.2. The van der Waals surface area contributed by atoms with Crippen LogP contribution in [-0.4, -0.2) is 59.1 Å². The Morgan fingerprint density at radius 3 is 2.67 bits per heavy atom. The number of nitrogens with zero attached hydrogens (tertiary/aromatic N) is 4. The van der Waals surface area contributed by atoms with E-state index in [2.05, 4.69) is 10.2 Å². The summed E-state index contributed by atoms with van der Waals surface area (Å²) in [6.07, 6.45) is 3.13. The van der Waals surface area contributed by atoms with Crippen molar-refractivity contribution in [3.05, 3.63) is 29.6 Å². The van der Waals surface area contributed by atoms with Gasteiger partial charge in [0.2, 0.25) is 5.91 Å². The van der Waals surface area contributed by atoms with E-state index < -0.39 is 0 Å². The predicted octanol–water partition coefficient (Wildman–Crippen LogP) is 2.50. The molecule has 0 unspecified atom stereocenters. The van der Waals surface area contributed by atoms with Gasteiger partial charge in [-0.1, -0.05) is 17.8 Å². The fourth-order valence-corrected chi connectivity index (χ4v) is 3.70. The fraction of sp³-hybridized carbons (Fsp3) is 0.526. The number of carbonyl (C=O) groups is 1. The van der Waals surface area contributed by atoms with Crippen LogP contribution in [0.1, 0.15) is 30.1 Å². The number of methoxy groups -OCH3 is 2. The van der Waals surface area contributed by atoms with Gasteiger partial charge in [0.15, 0.2) is 16.7 Å². The van der Waals surface area contributed by atoms with Crippen LogP contribution in [0.25, 0.3) is 0 Å². The van der Waals surface area contributed by atoms with E-state index >= 15 is 0 Å². The zero-order valence-corrected chi connectivity index (χ0v) is 17.1. The zero-order valence-electron chi connectivity index (χ0n) is 16.3. The van der Waals surface area contributed by atoms with Gasteiger partial charge >= 0.3 is 0 Å². The maximum Gasteiger partial charge on any atom is 0.232 e. The number of amides is 1. The molecule has 7 nitrogen and oxygen atoms in total. The second kappa shape index (κ2) is 8.65. The molecule has 1 aliphatic rings. The quantitative estimate of drug-likeness (QED) is 0.613. The van der Waals surface area contributed by atoms with Gasteiger partial charge < -0.3 is 18.9 Å². The second-order valence-electron chi connectivity index (χ2n) is 6.72. The molecule has 0 bridgehead atoms. The van der Waals surface area contributed by atoms with E-state index in [1.807, 2.05) is 36.9 Å². The maximum atomic E-state index is 12.4. The van der Waals surface area contributed by atoms with Crippen molar-refractivity contribution in [2.45, 2.75) is 30.3 Å². The number of rotatable bonds is 9. The van der Waals surface area contributed by atoms with Crippen LogP contribution < -0.4 is 9.47 Å². The standard InChI is InChI=1S/C19H26N4O3S/c1-22(10-9-13-5-8-15(25-3)16(11-13)26-4)17(24)12-27-19-21-20-18(23(19)2)14-6-7-14/h5,8,11,14H,6-7,9-10,12H2,1-4H3. The highest BCUT2D eigenvalue weighted by atomic mass is 32.2. The molecule has 0 spiro atoms. The van der Waals surface area contributed by atoms with Crippen LogP contribution in [0.2, 0.25) is 0 Å². The number of carbonyl (C=O) groups excluding carboxylic acids is 1. The Bertz CT molecular complexity index is 804. The molecular formula is C19H26N4O3S. The third-order valence-corrected chi connectivity index (χ3v) is 5.75. The molecule has 3 rings (SSSR count). The molecule has 0 aliphatic heterocycles. The number of hydrogen-bond donors (Lipinski definition) is 0.